The number of nitrogens with zero attached hydrogens (tertiary/aromatic N) is 3. The van der Waals surface area contributed by atoms with Gasteiger partial charge in [0.15, 0.2) is 6.61 Å². The number of aromatic nitrogens is 1. The van der Waals surface area contributed by atoms with E-state index in [4.69, 9.17) is 9.15 Å². The smallest absolute Gasteiger partial charge is 0.336 e. The van der Waals surface area contributed by atoms with Crippen molar-refractivity contribution in [1.29, 1.82) is 0 Å². The van der Waals surface area contributed by atoms with E-state index in [0.29, 0.717) is 31.0 Å². The van der Waals surface area contributed by atoms with Gasteiger partial charge < -0.3 is 29.1 Å². The Balaban J connectivity index is 1.17. The van der Waals surface area contributed by atoms with Crippen LogP contribution in [0.3, 0.4) is 0 Å². The summed E-state index contributed by atoms with van der Waals surface area (Å²) in [5.74, 6) is 0.210. The lowest BCUT2D eigenvalue weighted by Gasteiger charge is -2.43. The quantitative estimate of drug-likeness (QED) is 0.317. The Bertz CT molecular complexity index is 1640. The van der Waals surface area contributed by atoms with E-state index < -0.39 is 16.4 Å². The van der Waals surface area contributed by atoms with Gasteiger partial charge in [0.25, 0.3) is 11.5 Å². The lowest BCUT2D eigenvalue weighted by Crippen LogP contribution is -2.50. The molecule has 1 amide bonds. The van der Waals surface area contributed by atoms with Gasteiger partial charge in [0.05, 0.1) is 0 Å². The predicted molar refractivity (Wildman–Crippen MR) is 139 cm³/mol. The third kappa shape index (κ3) is 4.33. The SMILES string of the molecule is O=C(COc1ccc2c(-c3ccccc3)cc(=O)oc2c1)N1C[C@@H]2C[C@@H](C1)c1ccc(N([O-])O)c(=O)n1C2. The number of rotatable bonds is 5. The van der Waals surface area contributed by atoms with Gasteiger partial charge in [0.1, 0.15) is 17.0 Å². The summed E-state index contributed by atoms with van der Waals surface area (Å²) < 4.78 is 12.7. The van der Waals surface area contributed by atoms with Gasteiger partial charge >= 0.3 is 5.63 Å². The number of carbonyl (C=O) groups excluding carboxylic acids is 1. The van der Waals surface area contributed by atoms with Gasteiger partial charge in [-0.05, 0) is 47.7 Å². The van der Waals surface area contributed by atoms with Crippen LogP contribution in [-0.4, -0.2) is 40.3 Å². The first-order chi connectivity index (χ1) is 18.4. The van der Waals surface area contributed by atoms with Gasteiger partial charge in [-0.1, -0.05) is 30.3 Å². The zero-order valence-electron chi connectivity index (χ0n) is 20.3. The normalized spacial score (nSPS) is 18.2. The van der Waals surface area contributed by atoms with E-state index in [1.165, 1.54) is 16.7 Å². The van der Waals surface area contributed by atoms with Crippen LogP contribution in [0.5, 0.6) is 5.75 Å². The number of ether oxygens (including phenoxy) is 1. The first kappa shape index (κ1) is 24.0. The minimum atomic E-state index is -0.531. The van der Waals surface area contributed by atoms with Crippen LogP contribution in [0.2, 0.25) is 0 Å². The topological polar surface area (TPSA) is 128 Å². The zero-order valence-corrected chi connectivity index (χ0v) is 20.3. The second-order valence-corrected chi connectivity index (χ2v) is 9.72. The molecule has 0 unspecified atom stereocenters. The van der Waals surface area contributed by atoms with E-state index in [0.717, 1.165) is 28.6 Å². The highest BCUT2D eigenvalue weighted by Gasteiger charge is 2.36. The molecule has 4 heterocycles. The van der Waals surface area contributed by atoms with E-state index in [1.807, 2.05) is 36.4 Å². The van der Waals surface area contributed by atoms with E-state index in [2.05, 4.69) is 0 Å². The molecule has 1 fully saturated rings. The van der Waals surface area contributed by atoms with Crippen molar-refractivity contribution in [2.24, 2.45) is 5.92 Å². The summed E-state index contributed by atoms with van der Waals surface area (Å²) in [6.45, 7) is 1.06. The Labute approximate surface area is 216 Å². The molecule has 2 aromatic carbocycles. The van der Waals surface area contributed by atoms with E-state index in [-0.39, 0.29) is 30.0 Å². The second kappa shape index (κ2) is 9.47. The van der Waals surface area contributed by atoms with Gasteiger partial charge in [0.2, 0.25) is 0 Å². The minimum Gasteiger partial charge on any atom is -0.733 e. The molecule has 2 bridgehead atoms. The van der Waals surface area contributed by atoms with Crippen LogP contribution in [0.1, 0.15) is 18.0 Å². The molecule has 2 atom stereocenters. The first-order valence-corrected chi connectivity index (χ1v) is 12.3. The molecule has 10 nitrogen and oxygen atoms in total. The molecule has 2 aromatic heterocycles. The maximum absolute atomic E-state index is 13.1. The molecule has 2 aliphatic rings. The van der Waals surface area contributed by atoms with Crippen molar-refractivity contribution in [3.63, 3.8) is 0 Å². The van der Waals surface area contributed by atoms with Crippen LogP contribution < -0.4 is 21.1 Å². The molecule has 6 rings (SSSR count). The Hall–Kier alpha value is -4.41. The molecule has 194 valence electrons. The third-order valence-electron chi connectivity index (χ3n) is 7.31. The Morgan fingerprint density at radius 1 is 1.05 bits per heavy atom. The summed E-state index contributed by atoms with van der Waals surface area (Å²) in [4.78, 5) is 39.6. The molecular formula is C28H24N3O7-. The highest BCUT2D eigenvalue weighted by atomic mass is 16.8. The van der Waals surface area contributed by atoms with Crippen LogP contribution in [0.15, 0.2) is 80.7 Å². The van der Waals surface area contributed by atoms with Crippen LogP contribution >= 0.6 is 0 Å². The highest BCUT2D eigenvalue weighted by Crippen LogP contribution is 2.36. The largest absolute Gasteiger partial charge is 0.733 e. The standard InChI is InChI=1S/C28H24N3O7/c32-26(29-13-17-10-19(15-29)23-8-9-24(31(35)36)28(34)30(23)14-17)16-37-20-6-7-21-22(18-4-2-1-3-5-18)12-27(33)38-25(21)11-20/h1-9,11-12,17,19,35H,10,13-16H2/q-1/t17-,19-/m0/s1. The van der Waals surface area contributed by atoms with Crippen molar-refractivity contribution in [2.45, 2.75) is 18.9 Å². The van der Waals surface area contributed by atoms with Crippen molar-refractivity contribution < 1.29 is 19.2 Å². The summed E-state index contributed by atoms with van der Waals surface area (Å²) in [7, 11) is 0. The molecule has 2 aliphatic heterocycles. The molecule has 10 heteroatoms. The number of amides is 1. The average Bonchev–Trinajstić information content (AvgIpc) is 2.91. The van der Waals surface area contributed by atoms with Crippen molar-refractivity contribution in [1.82, 2.24) is 9.47 Å². The van der Waals surface area contributed by atoms with Gasteiger partial charge in [-0.25, -0.2) is 4.79 Å². The zero-order chi connectivity index (χ0) is 26.4. The summed E-state index contributed by atoms with van der Waals surface area (Å²) in [6.07, 6.45) is 0.830. The number of benzene rings is 2. The molecule has 0 spiro atoms. The summed E-state index contributed by atoms with van der Waals surface area (Å²) in [6, 6.07) is 19.1. The van der Waals surface area contributed by atoms with Gasteiger partial charge in [0, 0.05) is 48.8 Å². The molecule has 1 saturated heterocycles. The fraction of sp³-hybridized carbons (Fsp3) is 0.250. The number of anilines is 1. The maximum atomic E-state index is 13.1. The Morgan fingerprint density at radius 2 is 1.87 bits per heavy atom. The van der Waals surface area contributed by atoms with Gasteiger partial charge in [-0.2, -0.15) is 0 Å². The van der Waals surface area contributed by atoms with Crippen molar-refractivity contribution in [3.05, 3.63) is 98.4 Å². The number of hydrogen-bond donors (Lipinski definition) is 1. The lowest BCUT2D eigenvalue weighted by molar-refractivity contribution is -0.136. The first-order valence-electron chi connectivity index (χ1n) is 12.3. The number of carbonyl (C=O) groups is 1. The summed E-state index contributed by atoms with van der Waals surface area (Å²) in [5.41, 5.74) is 1.44. The van der Waals surface area contributed by atoms with Crippen LogP contribution in [-0.2, 0) is 11.3 Å². The van der Waals surface area contributed by atoms with Crippen LogP contribution in [0, 0.1) is 11.1 Å². The highest BCUT2D eigenvalue weighted by molar-refractivity contribution is 5.93. The summed E-state index contributed by atoms with van der Waals surface area (Å²) in [5, 5.41) is 20.8. The van der Waals surface area contributed by atoms with Gasteiger partial charge in [-0.15, -0.1) is 0 Å². The third-order valence-corrected chi connectivity index (χ3v) is 7.31. The minimum absolute atomic E-state index is 0.0447. The molecular weight excluding hydrogens is 490 g/mol. The number of fused-ring (bicyclic) bond motifs is 5. The molecule has 1 N–H and O–H groups in total. The van der Waals surface area contributed by atoms with E-state index >= 15 is 0 Å². The van der Waals surface area contributed by atoms with Crippen LogP contribution in [0.25, 0.3) is 22.1 Å². The van der Waals surface area contributed by atoms with Gasteiger partial charge in [-0.3, -0.25) is 14.8 Å². The fourth-order valence-electron chi connectivity index (χ4n) is 5.61. The van der Waals surface area contributed by atoms with E-state index in [9.17, 15) is 24.8 Å². The molecule has 0 aliphatic carbocycles. The van der Waals surface area contributed by atoms with Crippen molar-refractivity contribution in [3.8, 4) is 16.9 Å². The summed E-state index contributed by atoms with van der Waals surface area (Å²) >= 11 is 0. The number of hydrogen-bond acceptors (Lipinski definition) is 8. The maximum Gasteiger partial charge on any atom is 0.336 e. The van der Waals surface area contributed by atoms with Crippen LogP contribution in [0.4, 0.5) is 5.69 Å². The average molecular weight is 515 g/mol. The molecule has 0 saturated carbocycles. The number of pyridine rings is 1. The Morgan fingerprint density at radius 3 is 2.66 bits per heavy atom. The fourth-order valence-corrected chi connectivity index (χ4v) is 5.61. The molecule has 0 radical (unpaired) electrons. The monoisotopic (exact) mass is 514 g/mol. The number of piperidine rings is 1. The second-order valence-electron chi connectivity index (χ2n) is 9.72. The van der Waals surface area contributed by atoms with Crippen molar-refractivity contribution >= 4 is 22.6 Å². The Kier molecular flexibility index (Phi) is 5.97. The molecule has 4 aromatic rings. The van der Waals surface area contributed by atoms with E-state index in [1.54, 1.807) is 23.1 Å². The lowest BCUT2D eigenvalue weighted by atomic mass is 9.83. The predicted octanol–water partition coefficient (Wildman–Crippen LogP) is 3.34. The molecule has 38 heavy (non-hydrogen) atoms. The van der Waals surface area contributed by atoms with Crippen molar-refractivity contribution in [2.75, 3.05) is 24.9 Å². The number of likely N-dealkylation sites (tertiary alicyclic amines) is 1.